The van der Waals surface area contributed by atoms with E-state index in [1.54, 1.807) is 0 Å². The van der Waals surface area contributed by atoms with Gasteiger partial charge in [0.1, 0.15) is 5.03 Å². The maximum absolute atomic E-state index is 12.3. The van der Waals surface area contributed by atoms with E-state index >= 15 is 0 Å². The van der Waals surface area contributed by atoms with Crippen LogP contribution >= 0.6 is 23.4 Å². The number of esters is 1. The number of methoxy groups -OCH3 is 1. The number of alkyl halides is 3. The number of halogens is 4. The lowest BCUT2D eigenvalue weighted by atomic mass is 10.3. The van der Waals surface area contributed by atoms with Crippen LogP contribution in [0.25, 0.3) is 0 Å². The van der Waals surface area contributed by atoms with E-state index in [0.717, 1.165) is 17.8 Å². The summed E-state index contributed by atoms with van der Waals surface area (Å²) in [5.74, 6) is -0.0596. The van der Waals surface area contributed by atoms with Gasteiger partial charge in [0, 0.05) is 11.9 Å². The molecule has 8 heteroatoms. The van der Waals surface area contributed by atoms with Crippen molar-refractivity contribution < 1.29 is 22.7 Å². The summed E-state index contributed by atoms with van der Waals surface area (Å²) < 4.78 is 41.4. The van der Waals surface area contributed by atoms with Crippen molar-refractivity contribution in [2.45, 2.75) is 17.6 Å². The minimum Gasteiger partial charge on any atom is -0.469 e. The smallest absolute Gasteiger partial charge is 0.417 e. The van der Waals surface area contributed by atoms with Crippen LogP contribution in [0.15, 0.2) is 17.3 Å². The predicted octanol–water partition coefficient (Wildman–Crippen LogP) is 3.41. The van der Waals surface area contributed by atoms with Gasteiger partial charge in [-0.2, -0.15) is 13.2 Å². The van der Waals surface area contributed by atoms with Gasteiger partial charge in [0.25, 0.3) is 0 Å². The van der Waals surface area contributed by atoms with E-state index in [9.17, 15) is 18.0 Å². The lowest BCUT2D eigenvalue weighted by Gasteiger charge is -2.08. The fourth-order valence-corrected chi connectivity index (χ4v) is 2.14. The summed E-state index contributed by atoms with van der Waals surface area (Å²) in [6.07, 6.45) is -3.61. The molecule has 0 atom stereocenters. The first kappa shape index (κ1) is 15.1. The van der Waals surface area contributed by atoms with E-state index in [0.29, 0.717) is 11.9 Å². The van der Waals surface area contributed by atoms with E-state index in [4.69, 9.17) is 11.6 Å². The number of rotatable bonds is 4. The molecule has 0 bridgehead atoms. The molecule has 0 saturated heterocycles. The average Bonchev–Trinajstić information content (AvgIpc) is 2.29. The summed E-state index contributed by atoms with van der Waals surface area (Å²) >= 11 is 6.78. The summed E-state index contributed by atoms with van der Waals surface area (Å²) in [4.78, 5) is 14.5. The highest BCUT2D eigenvalue weighted by Gasteiger charge is 2.31. The first-order valence-electron chi connectivity index (χ1n) is 4.77. The lowest BCUT2D eigenvalue weighted by molar-refractivity contribution is -0.140. The number of hydrogen-bond acceptors (Lipinski definition) is 4. The molecular weight excluding hydrogens is 291 g/mol. The van der Waals surface area contributed by atoms with Crippen LogP contribution in [0.3, 0.4) is 0 Å². The summed E-state index contributed by atoms with van der Waals surface area (Å²) in [7, 11) is 1.26. The maximum atomic E-state index is 12.3. The third-order valence-electron chi connectivity index (χ3n) is 1.91. The Hall–Kier alpha value is -0.950. The van der Waals surface area contributed by atoms with Crippen LogP contribution in [0.5, 0.6) is 0 Å². The minimum absolute atomic E-state index is 0.0836. The van der Waals surface area contributed by atoms with Crippen LogP contribution in [0.4, 0.5) is 13.2 Å². The largest absolute Gasteiger partial charge is 0.469 e. The van der Waals surface area contributed by atoms with Crippen LogP contribution in [-0.2, 0) is 15.7 Å². The minimum atomic E-state index is -4.47. The van der Waals surface area contributed by atoms with Gasteiger partial charge in [0.05, 0.1) is 24.1 Å². The van der Waals surface area contributed by atoms with Gasteiger partial charge in [-0.05, 0) is 6.07 Å². The molecule has 0 aromatic carbocycles. The van der Waals surface area contributed by atoms with Crippen molar-refractivity contribution in [2.75, 3.05) is 12.9 Å². The quantitative estimate of drug-likeness (QED) is 0.631. The summed E-state index contributed by atoms with van der Waals surface area (Å²) in [6.45, 7) is 0. The molecule has 1 aromatic rings. The van der Waals surface area contributed by atoms with Crippen LogP contribution in [0.2, 0.25) is 5.02 Å². The number of nitrogens with zero attached hydrogens (tertiary/aromatic N) is 1. The molecule has 0 aliphatic carbocycles. The highest BCUT2D eigenvalue weighted by Crippen LogP contribution is 2.33. The SMILES string of the molecule is COC(=O)CCSc1ncc(C(F)(F)F)cc1Cl. The van der Waals surface area contributed by atoms with E-state index in [-0.39, 0.29) is 16.5 Å². The maximum Gasteiger partial charge on any atom is 0.417 e. The number of ether oxygens (including phenoxy) is 1. The van der Waals surface area contributed by atoms with Crippen LogP contribution in [-0.4, -0.2) is 23.8 Å². The van der Waals surface area contributed by atoms with E-state index < -0.39 is 17.7 Å². The van der Waals surface area contributed by atoms with Gasteiger partial charge in [0.15, 0.2) is 0 Å². The van der Waals surface area contributed by atoms with Gasteiger partial charge < -0.3 is 4.74 Å². The van der Waals surface area contributed by atoms with Gasteiger partial charge in [-0.15, -0.1) is 11.8 Å². The second-order valence-corrected chi connectivity index (χ2v) is 4.67. The number of carbonyl (C=O) groups excluding carboxylic acids is 1. The molecule has 0 saturated carbocycles. The normalized spacial score (nSPS) is 11.4. The molecule has 0 fully saturated rings. The number of carbonyl (C=O) groups is 1. The van der Waals surface area contributed by atoms with E-state index in [2.05, 4.69) is 9.72 Å². The Morgan fingerprint density at radius 2 is 2.22 bits per heavy atom. The molecule has 0 N–H and O–H groups in total. The second-order valence-electron chi connectivity index (χ2n) is 3.18. The molecule has 0 aliphatic heterocycles. The molecule has 0 spiro atoms. The molecule has 100 valence electrons. The predicted molar refractivity (Wildman–Crippen MR) is 61.6 cm³/mol. The van der Waals surface area contributed by atoms with Crippen molar-refractivity contribution in [1.82, 2.24) is 4.98 Å². The summed E-state index contributed by atoms with van der Waals surface area (Å²) in [5.41, 5.74) is -0.898. The molecule has 1 heterocycles. The first-order chi connectivity index (χ1) is 8.34. The van der Waals surface area contributed by atoms with Gasteiger partial charge in [-0.1, -0.05) is 11.6 Å². The topological polar surface area (TPSA) is 39.2 Å². The Bertz CT molecular complexity index is 440. The van der Waals surface area contributed by atoms with Gasteiger partial charge in [-0.25, -0.2) is 4.98 Å². The fraction of sp³-hybridized carbons (Fsp3) is 0.400. The first-order valence-corrected chi connectivity index (χ1v) is 6.13. The zero-order valence-electron chi connectivity index (χ0n) is 9.25. The Morgan fingerprint density at radius 3 is 2.72 bits per heavy atom. The van der Waals surface area contributed by atoms with Gasteiger partial charge >= 0.3 is 12.1 Å². The van der Waals surface area contributed by atoms with Crippen molar-refractivity contribution in [3.8, 4) is 0 Å². The Balaban J connectivity index is 2.66. The Morgan fingerprint density at radius 1 is 1.56 bits per heavy atom. The second kappa shape index (κ2) is 6.29. The third-order valence-corrected chi connectivity index (χ3v) is 3.31. The summed E-state index contributed by atoms with van der Waals surface area (Å²) in [6, 6.07) is 0.815. The van der Waals surface area contributed by atoms with Crippen molar-refractivity contribution in [3.63, 3.8) is 0 Å². The molecule has 3 nitrogen and oxygen atoms in total. The van der Waals surface area contributed by atoms with E-state index in [1.807, 2.05) is 0 Å². The molecule has 1 aromatic heterocycles. The van der Waals surface area contributed by atoms with Gasteiger partial charge in [-0.3, -0.25) is 4.79 Å². The van der Waals surface area contributed by atoms with Crippen molar-refractivity contribution in [3.05, 3.63) is 22.8 Å². The molecule has 0 amide bonds. The van der Waals surface area contributed by atoms with Crippen molar-refractivity contribution in [2.24, 2.45) is 0 Å². The molecule has 1 rings (SSSR count). The highest BCUT2D eigenvalue weighted by molar-refractivity contribution is 7.99. The number of thioether (sulfide) groups is 1. The molecular formula is C10H9ClF3NO2S. The number of aromatic nitrogens is 1. The Kier molecular flexibility index (Phi) is 5.28. The zero-order valence-corrected chi connectivity index (χ0v) is 10.8. The third kappa shape index (κ3) is 4.38. The van der Waals surface area contributed by atoms with Crippen LogP contribution in [0.1, 0.15) is 12.0 Å². The average molecular weight is 300 g/mol. The Labute approximate surface area is 111 Å². The fourth-order valence-electron chi connectivity index (χ4n) is 1.02. The molecule has 0 unspecified atom stereocenters. The molecule has 0 aliphatic rings. The monoisotopic (exact) mass is 299 g/mol. The summed E-state index contributed by atoms with van der Waals surface area (Å²) in [5, 5.41) is 0.174. The van der Waals surface area contributed by atoms with E-state index in [1.165, 1.54) is 7.11 Å². The number of pyridine rings is 1. The van der Waals surface area contributed by atoms with Crippen LogP contribution in [0, 0.1) is 0 Å². The lowest BCUT2D eigenvalue weighted by Crippen LogP contribution is -2.06. The molecule has 0 radical (unpaired) electrons. The molecule has 18 heavy (non-hydrogen) atoms. The van der Waals surface area contributed by atoms with Crippen molar-refractivity contribution >= 4 is 29.3 Å². The zero-order chi connectivity index (χ0) is 13.8. The van der Waals surface area contributed by atoms with Crippen molar-refractivity contribution in [1.29, 1.82) is 0 Å². The number of hydrogen-bond donors (Lipinski definition) is 0. The standard InChI is InChI=1S/C10H9ClF3NO2S/c1-17-8(16)2-3-18-9-7(11)4-6(5-15-9)10(12,13)14/h4-5H,2-3H2,1H3. The highest BCUT2D eigenvalue weighted by atomic mass is 35.5. The van der Waals surface area contributed by atoms with Crippen LogP contribution < -0.4 is 0 Å². The van der Waals surface area contributed by atoms with Gasteiger partial charge in [0.2, 0.25) is 0 Å².